The molecular formula is C18H29N3O. The van der Waals surface area contributed by atoms with Crippen molar-refractivity contribution in [1.29, 1.82) is 0 Å². The van der Waals surface area contributed by atoms with Crippen LogP contribution in [0.15, 0.2) is 29.3 Å². The van der Waals surface area contributed by atoms with Crippen molar-refractivity contribution in [1.82, 2.24) is 10.6 Å². The van der Waals surface area contributed by atoms with E-state index < -0.39 is 0 Å². The quantitative estimate of drug-likeness (QED) is 0.649. The van der Waals surface area contributed by atoms with Crippen molar-refractivity contribution >= 4 is 5.96 Å². The summed E-state index contributed by atoms with van der Waals surface area (Å²) in [5, 5.41) is 6.79. The van der Waals surface area contributed by atoms with Crippen LogP contribution in [0.3, 0.4) is 0 Å². The van der Waals surface area contributed by atoms with Gasteiger partial charge in [0.05, 0.1) is 5.60 Å². The summed E-state index contributed by atoms with van der Waals surface area (Å²) in [4.78, 5) is 4.30. The fraction of sp³-hybridized carbons (Fsp3) is 0.611. The summed E-state index contributed by atoms with van der Waals surface area (Å²) in [6.45, 7) is 9.03. The minimum absolute atomic E-state index is 0.0554. The van der Waals surface area contributed by atoms with E-state index in [-0.39, 0.29) is 5.60 Å². The molecule has 0 amide bonds. The molecule has 122 valence electrons. The van der Waals surface area contributed by atoms with E-state index in [0.29, 0.717) is 5.92 Å². The van der Waals surface area contributed by atoms with Crippen LogP contribution in [0.4, 0.5) is 0 Å². The van der Waals surface area contributed by atoms with Crippen LogP contribution in [0.1, 0.15) is 43.7 Å². The molecule has 0 radical (unpaired) electrons. The summed E-state index contributed by atoms with van der Waals surface area (Å²) in [6, 6.07) is 8.73. The first-order valence-corrected chi connectivity index (χ1v) is 8.17. The highest BCUT2D eigenvalue weighted by Gasteiger charge is 2.29. The van der Waals surface area contributed by atoms with Gasteiger partial charge in [0.15, 0.2) is 5.96 Å². The van der Waals surface area contributed by atoms with Crippen molar-refractivity contribution in [2.75, 3.05) is 26.7 Å². The van der Waals surface area contributed by atoms with E-state index in [1.165, 1.54) is 11.1 Å². The summed E-state index contributed by atoms with van der Waals surface area (Å²) >= 11 is 0. The van der Waals surface area contributed by atoms with Gasteiger partial charge in [-0.2, -0.15) is 0 Å². The summed E-state index contributed by atoms with van der Waals surface area (Å²) in [5.74, 6) is 1.29. The Morgan fingerprint density at radius 1 is 1.32 bits per heavy atom. The maximum absolute atomic E-state index is 5.80. The Morgan fingerprint density at radius 2 is 2.05 bits per heavy atom. The number of aliphatic imine (C=N–C) groups is 1. The fourth-order valence-electron chi connectivity index (χ4n) is 2.73. The number of hydrogen-bond donors (Lipinski definition) is 2. The highest BCUT2D eigenvalue weighted by molar-refractivity contribution is 5.79. The molecule has 22 heavy (non-hydrogen) atoms. The molecule has 2 unspecified atom stereocenters. The zero-order valence-electron chi connectivity index (χ0n) is 14.3. The van der Waals surface area contributed by atoms with Crippen LogP contribution in [0.2, 0.25) is 0 Å². The van der Waals surface area contributed by atoms with Gasteiger partial charge in [-0.05, 0) is 38.2 Å². The number of guanidine groups is 1. The van der Waals surface area contributed by atoms with Gasteiger partial charge in [-0.1, -0.05) is 36.8 Å². The third-order valence-electron chi connectivity index (χ3n) is 4.38. The number of benzene rings is 1. The predicted octanol–water partition coefficient (Wildman–Crippen LogP) is 2.83. The summed E-state index contributed by atoms with van der Waals surface area (Å²) in [5.41, 5.74) is 2.59. The second kappa shape index (κ2) is 7.63. The standard InChI is InChI=1S/C18H29N3O/c1-14-6-8-16(9-7-14)15(2)12-20-17(19-4)21-13-18(3)10-5-11-22-18/h6-9,15H,5,10-13H2,1-4H3,(H2,19,20,21). The van der Waals surface area contributed by atoms with Gasteiger partial charge >= 0.3 is 0 Å². The van der Waals surface area contributed by atoms with E-state index in [1.54, 1.807) is 0 Å². The molecule has 1 aromatic rings. The molecule has 0 aliphatic carbocycles. The first kappa shape index (κ1) is 16.8. The molecule has 1 heterocycles. The Kier molecular flexibility index (Phi) is 5.83. The molecule has 2 N–H and O–H groups in total. The van der Waals surface area contributed by atoms with Crippen molar-refractivity contribution in [3.05, 3.63) is 35.4 Å². The second-order valence-corrected chi connectivity index (χ2v) is 6.52. The third kappa shape index (κ3) is 4.73. The highest BCUT2D eigenvalue weighted by Crippen LogP contribution is 2.23. The van der Waals surface area contributed by atoms with Gasteiger partial charge in [0.2, 0.25) is 0 Å². The highest BCUT2D eigenvalue weighted by atomic mass is 16.5. The lowest BCUT2D eigenvalue weighted by Crippen LogP contribution is -2.46. The molecule has 0 bridgehead atoms. The van der Waals surface area contributed by atoms with Crippen LogP contribution in [0.25, 0.3) is 0 Å². The molecule has 1 aromatic carbocycles. The Labute approximate surface area is 134 Å². The Balaban J connectivity index is 1.79. The molecule has 1 fully saturated rings. The SMILES string of the molecule is CN=C(NCC(C)c1ccc(C)cc1)NCC1(C)CCCO1. The van der Waals surface area contributed by atoms with Gasteiger partial charge in [-0.15, -0.1) is 0 Å². The third-order valence-corrected chi connectivity index (χ3v) is 4.38. The molecule has 0 aromatic heterocycles. The lowest BCUT2D eigenvalue weighted by atomic mass is 10.0. The average molecular weight is 303 g/mol. The second-order valence-electron chi connectivity index (χ2n) is 6.52. The maximum Gasteiger partial charge on any atom is 0.191 e. The predicted molar refractivity (Wildman–Crippen MR) is 92.5 cm³/mol. The largest absolute Gasteiger partial charge is 0.373 e. The fourth-order valence-corrected chi connectivity index (χ4v) is 2.73. The molecule has 4 nitrogen and oxygen atoms in total. The number of hydrogen-bond acceptors (Lipinski definition) is 2. The Morgan fingerprint density at radius 3 is 2.64 bits per heavy atom. The average Bonchev–Trinajstić information content (AvgIpc) is 2.95. The van der Waals surface area contributed by atoms with Gasteiger partial charge in [0.25, 0.3) is 0 Å². The van der Waals surface area contributed by atoms with E-state index in [0.717, 1.165) is 38.5 Å². The number of rotatable bonds is 5. The van der Waals surface area contributed by atoms with Gasteiger partial charge in [0.1, 0.15) is 0 Å². The lowest BCUT2D eigenvalue weighted by molar-refractivity contribution is 0.0243. The number of nitrogens with zero attached hydrogens (tertiary/aromatic N) is 1. The van der Waals surface area contributed by atoms with E-state index >= 15 is 0 Å². The van der Waals surface area contributed by atoms with Crippen LogP contribution >= 0.6 is 0 Å². The number of nitrogens with one attached hydrogen (secondary N) is 2. The molecule has 2 rings (SSSR count). The summed E-state index contributed by atoms with van der Waals surface area (Å²) < 4.78 is 5.80. The topological polar surface area (TPSA) is 45.7 Å². The van der Waals surface area contributed by atoms with Crippen molar-refractivity contribution < 1.29 is 4.74 Å². The summed E-state index contributed by atoms with van der Waals surface area (Å²) in [7, 11) is 1.81. The first-order chi connectivity index (χ1) is 10.5. The van der Waals surface area contributed by atoms with Gasteiger partial charge in [-0.3, -0.25) is 4.99 Å². The Hall–Kier alpha value is -1.55. The van der Waals surface area contributed by atoms with Crippen molar-refractivity contribution in [2.24, 2.45) is 4.99 Å². The van der Waals surface area contributed by atoms with Crippen LogP contribution in [0, 0.1) is 6.92 Å². The first-order valence-electron chi connectivity index (χ1n) is 8.17. The number of aryl methyl sites for hydroxylation is 1. The molecule has 1 aliphatic rings. The smallest absolute Gasteiger partial charge is 0.191 e. The van der Waals surface area contributed by atoms with E-state index in [9.17, 15) is 0 Å². The molecule has 1 saturated heterocycles. The molecule has 4 heteroatoms. The van der Waals surface area contributed by atoms with Gasteiger partial charge in [-0.25, -0.2) is 0 Å². The number of ether oxygens (including phenoxy) is 1. The van der Waals surface area contributed by atoms with Crippen LogP contribution in [0.5, 0.6) is 0 Å². The Bertz CT molecular complexity index is 490. The van der Waals surface area contributed by atoms with Gasteiger partial charge < -0.3 is 15.4 Å². The zero-order valence-corrected chi connectivity index (χ0v) is 14.3. The minimum Gasteiger partial charge on any atom is -0.373 e. The van der Waals surface area contributed by atoms with Crippen molar-refractivity contribution in [2.45, 2.75) is 45.1 Å². The van der Waals surface area contributed by atoms with E-state index in [2.05, 4.69) is 60.7 Å². The van der Waals surface area contributed by atoms with Gasteiger partial charge in [0, 0.05) is 26.7 Å². The molecule has 1 aliphatic heterocycles. The molecular weight excluding hydrogens is 274 g/mol. The molecule has 0 spiro atoms. The normalized spacial score (nSPS) is 23.4. The van der Waals surface area contributed by atoms with E-state index in [1.807, 2.05) is 7.05 Å². The van der Waals surface area contributed by atoms with Crippen molar-refractivity contribution in [3.8, 4) is 0 Å². The van der Waals surface area contributed by atoms with Crippen LogP contribution in [-0.2, 0) is 4.74 Å². The van der Waals surface area contributed by atoms with E-state index in [4.69, 9.17) is 4.74 Å². The monoisotopic (exact) mass is 303 g/mol. The molecule has 0 saturated carbocycles. The van der Waals surface area contributed by atoms with Crippen LogP contribution < -0.4 is 10.6 Å². The molecule has 2 atom stereocenters. The minimum atomic E-state index is -0.0554. The lowest BCUT2D eigenvalue weighted by Gasteiger charge is -2.25. The maximum atomic E-state index is 5.80. The summed E-state index contributed by atoms with van der Waals surface area (Å²) in [6.07, 6.45) is 2.26. The van der Waals surface area contributed by atoms with Crippen LogP contribution in [-0.4, -0.2) is 38.3 Å². The van der Waals surface area contributed by atoms with Crippen molar-refractivity contribution in [3.63, 3.8) is 0 Å². The zero-order chi connectivity index (χ0) is 16.0.